The largest absolute Gasteiger partial charge is 0.448 e. The topological polar surface area (TPSA) is 25.2 Å². The molecule has 1 heterocycles. The Morgan fingerprint density at radius 2 is 2.05 bits per heavy atom. The summed E-state index contributed by atoms with van der Waals surface area (Å²) in [5, 5.41) is 4.02. The first-order valence-corrected chi connectivity index (χ1v) is 8.23. The Morgan fingerprint density at radius 1 is 1.19 bits per heavy atom. The molecule has 3 heteroatoms. The second-order valence-corrected chi connectivity index (χ2v) is 6.18. The smallest absolute Gasteiger partial charge is 0.193 e. The van der Waals surface area contributed by atoms with E-state index in [-0.39, 0.29) is 6.04 Å². The molecule has 112 valence electrons. The molecule has 1 aliphatic carbocycles. The summed E-state index contributed by atoms with van der Waals surface area (Å²) in [5.74, 6) is 0.925. The number of furan rings is 1. The SMILES string of the molecule is CCCNC(Cc1ccc2c(c1)CCC2)c1ccc(Cl)o1. The maximum atomic E-state index is 5.92. The van der Waals surface area contributed by atoms with Gasteiger partial charge in [0.25, 0.3) is 0 Å². The summed E-state index contributed by atoms with van der Waals surface area (Å²) < 4.78 is 5.61. The number of nitrogens with one attached hydrogen (secondary N) is 1. The van der Waals surface area contributed by atoms with Crippen LogP contribution in [-0.2, 0) is 19.3 Å². The first-order valence-electron chi connectivity index (χ1n) is 7.85. The zero-order valence-electron chi connectivity index (χ0n) is 12.5. The Kier molecular flexibility index (Phi) is 4.67. The van der Waals surface area contributed by atoms with Crippen molar-refractivity contribution in [2.75, 3.05) is 6.54 Å². The molecule has 0 fully saturated rings. The Bertz CT molecular complexity index is 605. The molecular formula is C18H22ClNO. The van der Waals surface area contributed by atoms with Crippen LogP contribution in [0.1, 0.15) is 48.3 Å². The molecule has 2 aromatic rings. The van der Waals surface area contributed by atoms with Crippen molar-refractivity contribution in [3.05, 3.63) is 58.0 Å². The standard InChI is InChI=1S/C18H22ClNO/c1-2-10-20-16(17-8-9-18(19)21-17)12-13-6-7-14-4-3-5-15(14)11-13/h6-9,11,16,20H,2-5,10,12H2,1H3. The molecule has 1 aliphatic rings. The van der Waals surface area contributed by atoms with Crippen LogP contribution < -0.4 is 5.32 Å². The number of benzene rings is 1. The number of hydrogen-bond acceptors (Lipinski definition) is 2. The molecule has 0 aliphatic heterocycles. The average molecular weight is 304 g/mol. The third kappa shape index (κ3) is 3.50. The van der Waals surface area contributed by atoms with Gasteiger partial charge in [-0.25, -0.2) is 0 Å². The third-order valence-corrected chi connectivity index (χ3v) is 4.38. The minimum absolute atomic E-state index is 0.192. The first-order chi connectivity index (χ1) is 10.3. The summed E-state index contributed by atoms with van der Waals surface area (Å²) >= 11 is 5.92. The molecule has 0 bridgehead atoms. The summed E-state index contributed by atoms with van der Waals surface area (Å²) in [6, 6.07) is 10.9. The fourth-order valence-electron chi connectivity index (χ4n) is 3.10. The van der Waals surface area contributed by atoms with Crippen LogP contribution in [0.3, 0.4) is 0 Å². The fourth-order valence-corrected chi connectivity index (χ4v) is 3.25. The quantitative estimate of drug-likeness (QED) is 0.836. The molecule has 0 amide bonds. The van der Waals surface area contributed by atoms with Crippen LogP contribution >= 0.6 is 11.6 Å². The van der Waals surface area contributed by atoms with Gasteiger partial charge >= 0.3 is 0 Å². The van der Waals surface area contributed by atoms with Gasteiger partial charge < -0.3 is 9.73 Å². The number of fused-ring (bicyclic) bond motifs is 1. The van der Waals surface area contributed by atoms with Crippen molar-refractivity contribution in [1.29, 1.82) is 0 Å². The Morgan fingerprint density at radius 3 is 2.81 bits per heavy atom. The van der Waals surface area contributed by atoms with Crippen molar-refractivity contribution in [1.82, 2.24) is 5.32 Å². The van der Waals surface area contributed by atoms with Crippen molar-refractivity contribution in [3.8, 4) is 0 Å². The van der Waals surface area contributed by atoms with E-state index in [2.05, 4.69) is 30.4 Å². The van der Waals surface area contributed by atoms with Crippen molar-refractivity contribution >= 4 is 11.6 Å². The zero-order chi connectivity index (χ0) is 14.7. The number of aryl methyl sites for hydroxylation is 2. The monoisotopic (exact) mass is 303 g/mol. The number of hydrogen-bond donors (Lipinski definition) is 1. The summed E-state index contributed by atoms with van der Waals surface area (Å²) in [7, 11) is 0. The van der Waals surface area contributed by atoms with Crippen LogP contribution in [0.5, 0.6) is 0 Å². The Hall–Kier alpha value is -1.25. The molecule has 2 nitrogen and oxygen atoms in total. The molecule has 3 rings (SSSR count). The van der Waals surface area contributed by atoms with Gasteiger partial charge in [0.1, 0.15) is 5.76 Å². The van der Waals surface area contributed by atoms with Crippen molar-refractivity contribution in [2.45, 2.75) is 45.1 Å². The first kappa shape index (κ1) is 14.7. The molecule has 0 saturated carbocycles. The van der Waals surface area contributed by atoms with Gasteiger partial charge in [-0.1, -0.05) is 25.1 Å². The van der Waals surface area contributed by atoms with E-state index < -0.39 is 0 Å². The van der Waals surface area contributed by atoms with Crippen molar-refractivity contribution in [3.63, 3.8) is 0 Å². The lowest BCUT2D eigenvalue weighted by Crippen LogP contribution is -2.23. The predicted molar refractivity (Wildman–Crippen MR) is 86.9 cm³/mol. The van der Waals surface area contributed by atoms with Crippen LogP contribution in [0.2, 0.25) is 5.22 Å². The van der Waals surface area contributed by atoms with Crippen LogP contribution in [0.25, 0.3) is 0 Å². The normalized spacial score (nSPS) is 15.1. The van der Waals surface area contributed by atoms with Gasteiger partial charge in [-0.2, -0.15) is 0 Å². The van der Waals surface area contributed by atoms with Gasteiger partial charge in [0, 0.05) is 0 Å². The van der Waals surface area contributed by atoms with E-state index in [1.165, 1.54) is 36.0 Å². The number of rotatable bonds is 6. The summed E-state index contributed by atoms with van der Waals surface area (Å²) in [5.41, 5.74) is 4.42. The van der Waals surface area contributed by atoms with E-state index in [4.69, 9.17) is 16.0 Å². The van der Waals surface area contributed by atoms with E-state index in [0.717, 1.165) is 25.1 Å². The van der Waals surface area contributed by atoms with E-state index >= 15 is 0 Å². The van der Waals surface area contributed by atoms with Gasteiger partial charge in [0.05, 0.1) is 6.04 Å². The summed E-state index contributed by atoms with van der Waals surface area (Å²) in [6.07, 6.45) is 5.81. The predicted octanol–water partition coefficient (Wildman–Crippen LogP) is 4.71. The van der Waals surface area contributed by atoms with Gasteiger partial charge in [-0.15, -0.1) is 0 Å². The van der Waals surface area contributed by atoms with Crippen LogP contribution in [0, 0.1) is 0 Å². The van der Waals surface area contributed by atoms with Gasteiger partial charge in [0.15, 0.2) is 5.22 Å². The van der Waals surface area contributed by atoms with E-state index in [9.17, 15) is 0 Å². The molecule has 1 N–H and O–H groups in total. The average Bonchev–Trinajstić information content (AvgIpc) is 3.11. The third-order valence-electron chi connectivity index (χ3n) is 4.18. The van der Waals surface area contributed by atoms with Crippen molar-refractivity contribution < 1.29 is 4.42 Å². The van der Waals surface area contributed by atoms with Crippen LogP contribution in [0.15, 0.2) is 34.7 Å². The Balaban J connectivity index is 1.77. The molecule has 1 aromatic carbocycles. The molecule has 1 unspecified atom stereocenters. The zero-order valence-corrected chi connectivity index (χ0v) is 13.2. The van der Waals surface area contributed by atoms with E-state index in [1.54, 1.807) is 0 Å². The lowest BCUT2D eigenvalue weighted by Gasteiger charge is -2.17. The molecule has 1 aromatic heterocycles. The summed E-state index contributed by atoms with van der Waals surface area (Å²) in [4.78, 5) is 0. The highest BCUT2D eigenvalue weighted by Crippen LogP contribution is 2.27. The van der Waals surface area contributed by atoms with E-state index in [0.29, 0.717) is 5.22 Å². The van der Waals surface area contributed by atoms with Gasteiger partial charge in [-0.3, -0.25) is 0 Å². The van der Waals surface area contributed by atoms with Crippen LogP contribution in [-0.4, -0.2) is 6.54 Å². The molecule has 0 spiro atoms. The van der Waals surface area contributed by atoms with Gasteiger partial charge in [0.2, 0.25) is 0 Å². The molecule has 1 atom stereocenters. The molecule has 21 heavy (non-hydrogen) atoms. The highest BCUT2D eigenvalue weighted by atomic mass is 35.5. The second kappa shape index (κ2) is 6.67. The molecule has 0 radical (unpaired) electrons. The second-order valence-electron chi connectivity index (χ2n) is 5.81. The number of halogens is 1. The molecular weight excluding hydrogens is 282 g/mol. The lowest BCUT2D eigenvalue weighted by atomic mass is 9.99. The minimum atomic E-state index is 0.192. The fraction of sp³-hybridized carbons (Fsp3) is 0.444. The summed E-state index contributed by atoms with van der Waals surface area (Å²) in [6.45, 7) is 3.16. The Labute approximate surface area is 131 Å². The lowest BCUT2D eigenvalue weighted by molar-refractivity contribution is 0.411. The molecule has 0 saturated heterocycles. The minimum Gasteiger partial charge on any atom is -0.448 e. The highest BCUT2D eigenvalue weighted by molar-refractivity contribution is 6.28. The van der Waals surface area contributed by atoms with E-state index in [1.807, 2.05) is 12.1 Å². The van der Waals surface area contributed by atoms with Gasteiger partial charge in [-0.05, 0) is 79.1 Å². The highest BCUT2D eigenvalue weighted by Gasteiger charge is 2.17. The maximum Gasteiger partial charge on any atom is 0.193 e. The van der Waals surface area contributed by atoms with Crippen molar-refractivity contribution in [2.24, 2.45) is 0 Å². The van der Waals surface area contributed by atoms with Crippen LogP contribution in [0.4, 0.5) is 0 Å². The maximum absolute atomic E-state index is 5.92.